The smallest absolute Gasteiger partial charge is 0.123 e. The third kappa shape index (κ3) is 2.84. The van der Waals surface area contributed by atoms with E-state index in [-0.39, 0.29) is 11.9 Å². The lowest BCUT2D eigenvalue weighted by molar-refractivity contribution is 0.539. The summed E-state index contributed by atoms with van der Waals surface area (Å²) >= 11 is 0. The van der Waals surface area contributed by atoms with Crippen LogP contribution in [0.1, 0.15) is 36.7 Å². The number of rotatable bonds is 5. The van der Waals surface area contributed by atoms with E-state index in [2.05, 4.69) is 24.3 Å². The molecule has 0 aliphatic carbocycles. The Morgan fingerprint density at radius 3 is 2.74 bits per heavy atom. The van der Waals surface area contributed by atoms with Gasteiger partial charge in [0.2, 0.25) is 0 Å². The number of hydrogen-bond donors (Lipinski definition) is 1. The lowest BCUT2D eigenvalue weighted by Gasteiger charge is -2.21. The van der Waals surface area contributed by atoms with Crippen molar-refractivity contribution in [3.63, 3.8) is 0 Å². The van der Waals surface area contributed by atoms with Crippen molar-refractivity contribution >= 4 is 0 Å². The predicted molar refractivity (Wildman–Crippen MR) is 74.6 cm³/mol. The van der Waals surface area contributed by atoms with E-state index in [4.69, 9.17) is 0 Å². The molecule has 1 aromatic carbocycles. The third-order valence-corrected chi connectivity index (χ3v) is 3.30. The van der Waals surface area contributed by atoms with Gasteiger partial charge in [0.15, 0.2) is 0 Å². The van der Waals surface area contributed by atoms with Crippen LogP contribution in [0, 0.1) is 12.7 Å². The maximum absolute atomic E-state index is 13.2. The topological polar surface area (TPSA) is 29.9 Å². The molecule has 0 radical (unpaired) electrons. The maximum Gasteiger partial charge on any atom is 0.123 e. The van der Waals surface area contributed by atoms with E-state index in [9.17, 15) is 4.39 Å². The molecule has 4 heteroatoms. The Bertz CT molecular complexity index is 548. The van der Waals surface area contributed by atoms with Crippen molar-refractivity contribution in [1.82, 2.24) is 15.1 Å². The Morgan fingerprint density at radius 2 is 2.11 bits per heavy atom. The van der Waals surface area contributed by atoms with E-state index in [1.165, 1.54) is 6.07 Å². The van der Waals surface area contributed by atoms with Gasteiger partial charge in [-0.15, -0.1) is 0 Å². The largest absolute Gasteiger partial charge is 0.305 e. The average molecular weight is 261 g/mol. The van der Waals surface area contributed by atoms with Crippen LogP contribution >= 0.6 is 0 Å². The van der Waals surface area contributed by atoms with Gasteiger partial charge >= 0.3 is 0 Å². The zero-order valence-corrected chi connectivity index (χ0v) is 11.7. The van der Waals surface area contributed by atoms with E-state index < -0.39 is 0 Å². The first-order chi connectivity index (χ1) is 9.17. The van der Waals surface area contributed by atoms with Crippen molar-refractivity contribution in [3.8, 4) is 0 Å². The Balaban J connectivity index is 2.45. The molecule has 0 spiro atoms. The van der Waals surface area contributed by atoms with Crippen LogP contribution in [-0.4, -0.2) is 16.3 Å². The highest BCUT2D eigenvalue weighted by atomic mass is 19.1. The fraction of sp³-hybridized carbons (Fsp3) is 0.400. The highest BCUT2D eigenvalue weighted by Crippen LogP contribution is 2.25. The fourth-order valence-electron chi connectivity index (χ4n) is 2.39. The summed E-state index contributed by atoms with van der Waals surface area (Å²) in [5, 5.41) is 7.77. The molecule has 0 amide bonds. The van der Waals surface area contributed by atoms with Gasteiger partial charge in [-0.05, 0) is 49.7 Å². The Hall–Kier alpha value is -1.68. The normalized spacial score (nSPS) is 12.6. The van der Waals surface area contributed by atoms with E-state index in [0.717, 1.165) is 29.9 Å². The van der Waals surface area contributed by atoms with Gasteiger partial charge in [0.1, 0.15) is 5.82 Å². The second-order valence-corrected chi connectivity index (χ2v) is 4.56. The van der Waals surface area contributed by atoms with Gasteiger partial charge in [0, 0.05) is 12.7 Å². The van der Waals surface area contributed by atoms with Crippen molar-refractivity contribution < 1.29 is 4.39 Å². The van der Waals surface area contributed by atoms with Gasteiger partial charge in [0.25, 0.3) is 0 Å². The quantitative estimate of drug-likeness (QED) is 0.896. The van der Waals surface area contributed by atoms with Crippen LogP contribution in [0.5, 0.6) is 0 Å². The second-order valence-electron chi connectivity index (χ2n) is 4.56. The third-order valence-electron chi connectivity index (χ3n) is 3.30. The lowest BCUT2D eigenvalue weighted by Crippen LogP contribution is -2.25. The van der Waals surface area contributed by atoms with E-state index >= 15 is 0 Å². The molecule has 0 aliphatic rings. The Labute approximate surface area is 113 Å². The zero-order chi connectivity index (χ0) is 13.8. The monoisotopic (exact) mass is 261 g/mol. The SMILES string of the molecule is CCNC(c1ccc(F)cc1C)c1ccnn1CC. The van der Waals surface area contributed by atoms with Crippen molar-refractivity contribution in [2.45, 2.75) is 33.4 Å². The minimum Gasteiger partial charge on any atom is -0.305 e. The number of halogens is 1. The number of benzene rings is 1. The number of hydrogen-bond acceptors (Lipinski definition) is 2. The van der Waals surface area contributed by atoms with Crippen LogP contribution in [-0.2, 0) is 6.54 Å². The van der Waals surface area contributed by atoms with Crippen molar-refractivity contribution in [3.05, 3.63) is 53.1 Å². The summed E-state index contributed by atoms with van der Waals surface area (Å²) < 4.78 is 15.2. The molecule has 2 aromatic rings. The van der Waals surface area contributed by atoms with Crippen molar-refractivity contribution in [1.29, 1.82) is 0 Å². The molecule has 0 saturated carbocycles. The number of nitrogens with one attached hydrogen (secondary N) is 1. The highest BCUT2D eigenvalue weighted by Gasteiger charge is 2.18. The summed E-state index contributed by atoms with van der Waals surface area (Å²) in [6, 6.07) is 7.00. The molecule has 3 nitrogen and oxygen atoms in total. The first kappa shape index (κ1) is 13.7. The fourth-order valence-corrected chi connectivity index (χ4v) is 2.39. The molecule has 1 heterocycles. The predicted octanol–water partition coefficient (Wildman–Crippen LogP) is 3.05. The summed E-state index contributed by atoms with van der Waals surface area (Å²) in [6.45, 7) is 7.74. The first-order valence-electron chi connectivity index (χ1n) is 6.68. The Morgan fingerprint density at radius 1 is 1.32 bits per heavy atom. The van der Waals surface area contributed by atoms with E-state index in [1.807, 2.05) is 29.9 Å². The van der Waals surface area contributed by atoms with Crippen LogP contribution in [0.25, 0.3) is 0 Å². The molecular weight excluding hydrogens is 241 g/mol. The van der Waals surface area contributed by atoms with Crippen LogP contribution in [0.2, 0.25) is 0 Å². The van der Waals surface area contributed by atoms with Gasteiger partial charge < -0.3 is 5.32 Å². The summed E-state index contributed by atoms with van der Waals surface area (Å²) in [4.78, 5) is 0. The summed E-state index contributed by atoms with van der Waals surface area (Å²) in [7, 11) is 0. The minimum absolute atomic E-state index is 0.0491. The molecule has 0 fully saturated rings. The average Bonchev–Trinajstić information content (AvgIpc) is 2.85. The summed E-state index contributed by atoms with van der Waals surface area (Å²) in [5.41, 5.74) is 3.16. The van der Waals surface area contributed by atoms with Gasteiger partial charge in [-0.25, -0.2) is 4.39 Å². The highest BCUT2D eigenvalue weighted by molar-refractivity contribution is 5.34. The maximum atomic E-state index is 13.2. The van der Waals surface area contributed by atoms with E-state index in [1.54, 1.807) is 6.07 Å². The molecule has 0 aliphatic heterocycles. The van der Waals surface area contributed by atoms with Crippen LogP contribution in [0.15, 0.2) is 30.5 Å². The number of nitrogens with zero attached hydrogens (tertiary/aromatic N) is 2. The van der Waals surface area contributed by atoms with E-state index in [0.29, 0.717) is 0 Å². The van der Waals surface area contributed by atoms with Crippen LogP contribution in [0.3, 0.4) is 0 Å². The number of aromatic nitrogens is 2. The number of aryl methyl sites for hydroxylation is 2. The minimum atomic E-state index is -0.194. The second kappa shape index (κ2) is 5.97. The summed E-state index contributed by atoms with van der Waals surface area (Å²) in [6.07, 6.45) is 1.81. The molecule has 1 aromatic heterocycles. The standard InChI is InChI=1S/C15H20FN3/c1-4-17-15(14-8-9-18-19(14)5-2)13-7-6-12(16)10-11(13)3/h6-10,15,17H,4-5H2,1-3H3. The van der Waals surface area contributed by atoms with Gasteiger partial charge in [-0.2, -0.15) is 5.10 Å². The zero-order valence-electron chi connectivity index (χ0n) is 11.7. The lowest BCUT2D eigenvalue weighted by atomic mass is 9.98. The van der Waals surface area contributed by atoms with Crippen LogP contribution in [0.4, 0.5) is 4.39 Å². The summed E-state index contributed by atoms with van der Waals surface area (Å²) in [5.74, 6) is -0.194. The van der Waals surface area contributed by atoms with Gasteiger partial charge in [-0.1, -0.05) is 13.0 Å². The molecule has 2 rings (SSSR count). The Kier molecular flexibility index (Phi) is 4.32. The molecule has 0 bridgehead atoms. The van der Waals surface area contributed by atoms with Crippen molar-refractivity contribution in [2.24, 2.45) is 0 Å². The van der Waals surface area contributed by atoms with Crippen LogP contribution < -0.4 is 5.32 Å². The molecule has 0 saturated heterocycles. The molecular formula is C15H20FN3. The molecule has 1 N–H and O–H groups in total. The molecule has 19 heavy (non-hydrogen) atoms. The molecule has 1 unspecified atom stereocenters. The molecule has 102 valence electrons. The molecule has 1 atom stereocenters. The van der Waals surface area contributed by atoms with Gasteiger partial charge in [0.05, 0.1) is 11.7 Å². The van der Waals surface area contributed by atoms with Crippen molar-refractivity contribution in [2.75, 3.05) is 6.54 Å². The first-order valence-corrected chi connectivity index (χ1v) is 6.68. The van der Waals surface area contributed by atoms with Gasteiger partial charge in [-0.3, -0.25) is 4.68 Å².